The minimum Gasteiger partial charge on any atom is -0.363 e. The molecule has 2 N–H and O–H groups in total. The van der Waals surface area contributed by atoms with E-state index in [-0.39, 0.29) is 0 Å². The smallest absolute Gasteiger partial charge is 0.0864 e. The molecule has 0 aromatic heterocycles. The molecule has 0 fully saturated rings. The normalized spacial score (nSPS) is 8.60. The zero-order chi connectivity index (χ0) is 7.98. The van der Waals surface area contributed by atoms with E-state index in [1.54, 1.807) is 0 Å². The molecule has 0 bridgehead atoms. The molecular weight excluding hydrogens is 184 g/mol. The van der Waals surface area contributed by atoms with Crippen molar-refractivity contribution in [2.75, 3.05) is 12.4 Å². The van der Waals surface area contributed by atoms with Crippen molar-refractivity contribution in [2.24, 2.45) is 0 Å². The molecule has 0 unspecified atom stereocenters. The standard InChI is InChI=1S/C5H10N2S3/c1-4(9)6-3-7-5(10)2-8/h8H,2-3H2,1H3,(H,6,9)(H,7,10). The number of rotatable bonds is 3. The lowest BCUT2D eigenvalue weighted by Gasteiger charge is -2.06. The second-order valence-corrected chi connectivity index (χ2v) is 3.09. The molecule has 0 aliphatic heterocycles. The van der Waals surface area contributed by atoms with Gasteiger partial charge in [-0.3, -0.25) is 0 Å². The molecule has 0 rings (SSSR count). The number of thiol groups is 1. The summed E-state index contributed by atoms with van der Waals surface area (Å²) in [7, 11) is 0. The first-order chi connectivity index (χ1) is 4.66. The first-order valence-corrected chi connectivity index (χ1v) is 4.23. The van der Waals surface area contributed by atoms with E-state index in [2.05, 4.69) is 23.3 Å². The van der Waals surface area contributed by atoms with E-state index in [9.17, 15) is 0 Å². The Labute approximate surface area is 77.2 Å². The molecule has 0 heterocycles. The third-order valence-corrected chi connectivity index (χ3v) is 1.73. The average Bonchev–Trinajstić information content (AvgIpc) is 1.87. The summed E-state index contributed by atoms with van der Waals surface area (Å²) in [5.74, 6) is 0.577. The SMILES string of the molecule is CC(=S)NCNC(=S)CS. The van der Waals surface area contributed by atoms with Crippen molar-refractivity contribution in [1.29, 1.82) is 0 Å². The van der Waals surface area contributed by atoms with Crippen molar-refractivity contribution in [3.05, 3.63) is 0 Å². The largest absolute Gasteiger partial charge is 0.363 e. The molecule has 10 heavy (non-hydrogen) atoms. The Morgan fingerprint density at radius 2 is 2.00 bits per heavy atom. The van der Waals surface area contributed by atoms with Gasteiger partial charge in [0.1, 0.15) is 0 Å². The average molecular weight is 194 g/mol. The minimum absolute atomic E-state index is 0.577. The van der Waals surface area contributed by atoms with Crippen molar-refractivity contribution in [3.8, 4) is 0 Å². The maximum absolute atomic E-state index is 4.84. The Bertz CT molecular complexity index is 135. The zero-order valence-corrected chi connectivity index (χ0v) is 8.21. The molecule has 0 saturated carbocycles. The molecule has 0 aliphatic rings. The molecule has 0 saturated heterocycles. The van der Waals surface area contributed by atoms with Gasteiger partial charge in [-0.1, -0.05) is 24.4 Å². The van der Waals surface area contributed by atoms with Crippen LogP contribution in [0.5, 0.6) is 0 Å². The fourth-order valence-corrected chi connectivity index (χ4v) is 0.579. The highest BCUT2D eigenvalue weighted by Gasteiger charge is 1.89. The van der Waals surface area contributed by atoms with Crippen LogP contribution in [0.2, 0.25) is 0 Å². The van der Waals surface area contributed by atoms with Crippen molar-refractivity contribution in [2.45, 2.75) is 6.92 Å². The fourth-order valence-electron chi connectivity index (χ4n) is 0.323. The van der Waals surface area contributed by atoms with Crippen LogP contribution in [0.25, 0.3) is 0 Å². The summed E-state index contributed by atoms with van der Waals surface area (Å²) in [5, 5.41) is 5.83. The molecule has 0 aliphatic carbocycles. The van der Waals surface area contributed by atoms with E-state index in [1.165, 1.54) is 0 Å². The topological polar surface area (TPSA) is 24.1 Å². The van der Waals surface area contributed by atoms with Crippen LogP contribution < -0.4 is 10.6 Å². The summed E-state index contributed by atoms with van der Waals surface area (Å²) < 4.78 is 0. The highest BCUT2D eigenvalue weighted by Crippen LogP contribution is 1.75. The van der Waals surface area contributed by atoms with Crippen molar-refractivity contribution in [1.82, 2.24) is 10.6 Å². The lowest BCUT2D eigenvalue weighted by atomic mass is 10.7. The lowest BCUT2D eigenvalue weighted by molar-refractivity contribution is 0.842. The fraction of sp³-hybridized carbons (Fsp3) is 0.600. The number of hydrogen-bond donors (Lipinski definition) is 3. The Morgan fingerprint density at radius 3 is 2.40 bits per heavy atom. The number of nitrogens with one attached hydrogen (secondary N) is 2. The highest BCUT2D eigenvalue weighted by molar-refractivity contribution is 7.86. The Morgan fingerprint density at radius 1 is 1.40 bits per heavy atom. The van der Waals surface area contributed by atoms with Crippen LogP contribution >= 0.6 is 37.1 Å². The van der Waals surface area contributed by atoms with Crippen molar-refractivity contribution >= 4 is 47.0 Å². The van der Waals surface area contributed by atoms with Crippen molar-refractivity contribution in [3.63, 3.8) is 0 Å². The van der Waals surface area contributed by atoms with Gasteiger partial charge in [0, 0.05) is 5.75 Å². The van der Waals surface area contributed by atoms with Gasteiger partial charge in [0.2, 0.25) is 0 Å². The molecule has 58 valence electrons. The number of thiocarbonyl (C=S) groups is 2. The lowest BCUT2D eigenvalue weighted by Crippen LogP contribution is -2.35. The summed E-state index contributed by atoms with van der Waals surface area (Å²) in [6.45, 7) is 2.41. The summed E-state index contributed by atoms with van der Waals surface area (Å²) in [6.07, 6.45) is 0. The molecule has 0 aromatic carbocycles. The third-order valence-electron chi connectivity index (χ3n) is 0.766. The van der Waals surface area contributed by atoms with E-state index in [1.807, 2.05) is 6.92 Å². The van der Waals surface area contributed by atoms with Crippen LogP contribution in [-0.2, 0) is 0 Å². The van der Waals surface area contributed by atoms with Gasteiger partial charge in [-0.15, -0.1) is 0 Å². The Hall–Kier alpha value is 0.130. The summed E-state index contributed by atoms with van der Waals surface area (Å²) >= 11 is 13.6. The van der Waals surface area contributed by atoms with Crippen LogP contribution in [0.4, 0.5) is 0 Å². The van der Waals surface area contributed by atoms with Gasteiger partial charge in [-0.05, 0) is 6.92 Å². The van der Waals surface area contributed by atoms with Gasteiger partial charge in [0.15, 0.2) is 0 Å². The molecule has 0 radical (unpaired) electrons. The quantitative estimate of drug-likeness (QED) is 0.350. The molecule has 0 atom stereocenters. The van der Waals surface area contributed by atoms with Crippen LogP contribution in [0, 0.1) is 0 Å². The minimum atomic E-state index is 0.577. The highest BCUT2D eigenvalue weighted by atomic mass is 32.1. The zero-order valence-electron chi connectivity index (χ0n) is 5.68. The van der Waals surface area contributed by atoms with E-state index >= 15 is 0 Å². The molecule has 0 spiro atoms. The first-order valence-electron chi connectivity index (χ1n) is 2.79. The van der Waals surface area contributed by atoms with Crippen LogP contribution in [0.1, 0.15) is 6.92 Å². The summed E-state index contributed by atoms with van der Waals surface area (Å²) in [5.41, 5.74) is 0. The predicted octanol–water partition coefficient (Wildman–Crippen LogP) is 0.728. The van der Waals surface area contributed by atoms with Gasteiger partial charge < -0.3 is 10.6 Å². The molecule has 2 nitrogen and oxygen atoms in total. The van der Waals surface area contributed by atoms with Crippen molar-refractivity contribution < 1.29 is 0 Å². The van der Waals surface area contributed by atoms with Crippen LogP contribution in [0.15, 0.2) is 0 Å². The maximum atomic E-state index is 4.84. The van der Waals surface area contributed by atoms with E-state index < -0.39 is 0 Å². The van der Waals surface area contributed by atoms with E-state index in [4.69, 9.17) is 24.4 Å². The van der Waals surface area contributed by atoms with Gasteiger partial charge in [-0.25, -0.2) is 0 Å². The van der Waals surface area contributed by atoms with Crippen LogP contribution in [0.3, 0.4) is 0 Å². The second kappa shape index (κ2) is 5.88. The third kappa shape index (κ3) is 6.25. The van der Waals surface area contributed by atoms with Gasteiger partial charge >= 0.3 is 0 Å². The van der Waals surface area contributed by atoms with Gasteiger partial charge in [0.25, 0.3) is 0 Å². The van der Waals surface area contributed by atoms with E-state index in [0.717, 1.165) is 9.98 Å². The monoisotopic (exact) mass is 194 g/mol. The van der Waals surface area contributed by atoms with E-state index in [0.29, 0.717) is 12.4 Å². The summed E-state index contributed by atoms with van der Waals surface area (Å²) in [4.78, 5) is 1.49. The molecule has 0 aromatic rings. The van der Waals surface area contributed by atoms with Gasteiger partial charge in [-0.2, -0.15) is 12.6 Å². The second-order valence-electron chi connectivity index (χ2n) is 1.67. The predicted molar refractivity (Wildman–Crippen MR) is 55.9 cm³/mol. The first kappa shape index (κ1) is 10.1. The molecule has 5 heteroatoms. The number of hydrogen-bond acceptors (Lipinski definition) is 3. The maximum Gasteiger partial charge on any atom is 0.0864 e. The summed E-state index contributed by atoms with van der Waals surface area (Å²) in [6, 6.07) is 0. The van der Waals surface area contributed by atoms with Gasteiger partial charge in [0.05, 0.1) is 16.6 Å². The van der Waals surface area contributed by atoms with Crippen LogP contribution in [-0.4, -0.2) is 22.4 Å². The Kier molecular flexibility index (Phi) is 5.96. The molecular formula is C5H10N2S3. The molecule has 0 amide bonds. The Balaban J connectivity index is 3.20.